The number of fused-ring (bicyclic) bond motifs is 1. The lowest BCUT2D eigenvalue weighted by atomic mass is 10.0. The molecule has 0 bridgehead atoms. The molecular weight excluding hydrogens is 438 g/mol. The molecule has 1 aliphatic rings. The predicted molar refractivity (Wildman–Crippen MR) is 123 cm³/mol. The molecule has 0 aliphatic carbocycles. The second-order valence-electron chi connectivity index (χ2n) is 7.50. The van der Waals surface area contributed by atoms with Crippen molar-refractivity contribution in [2.75, 3.05) is 38.7 Å². The van der Waals surface area contributed by atoms with Crippen LogP contribution in [0.5, 0.6) is 5.06 Å². The normalized spacial score (nSPS) is 14.9. The Balaban J connectivity index is 1.64. The number of hydrogen-bond donors (Lipinski definition) is 2. The average molecular weight is 466 g/mol. The van der Waals surface area contributed by atoms with Crippen LogP contribution in [0, 0.1) is 0 Å². The van der Waals surface area contributed by atoms with Gasteiger partial charge in [0.05, 0.1) is 10.9 Å². The number of anilines is 1. The largest absolute Gasteiger partial charge is 0.414 e. The summed E-state index contributed by atoms with van der Waals surface area (Å²) < 4.78 is 11.2. The number of hydrogen-bond acceptors (Lipinski definition) is 6. The molecule has 1 atom stereocenters. The van der Waals surface area contributed by atoms with E-state index in [2.05, 4.69) is 28.6 Å². The first-order chi connectivity index (χ1) is 14.9. The van der Waals surface area contributed by atoms with E-state index < -0.39 is 12.1 Å². The molecule has 0 spiro atoms. The van der Waals surface area contributed by atoms with Crippen molar-refractivity contribution in [1.82, 2.24) is 10.2 Å². The van der Waals surface area contributed by atoms with Gasteiger partial charge in [0.2, 0.25) is 5.91 Å². The first-order valence-corrected chi connectivity index (χ1v) is 11.6. The third kappa shape index (κ3) is 7.21. The van der Waals surface area contributed by atoms with Crippen molar-refractivity contribution in [2.24, 2.45) is 0 Å². The number of carbonyl (C=O) groups is 2. The van der Waals surface area contributed by atoms with Crippen LogP contribution in [0.1, 0.15) is 24.5 Å². The summed E-state index contributed by atoms with van der Waals surface area (Å²) in [4.78, 5) is 27.5. The minimum absolute atomic E-state index is 0.0513. The van der Waals surface area contributed by atoms with Gasteiger partial charge in [-0.1, -0.05) is 35.9 Å². The molecule has 0 saturated carbocycles. The molecule has 31 heavy (non-hydrogen) atoms. The van der Waals surface area contributed by atoms with Gasteiger partial charge in [0.25, 0.3) is 0 Å². The van der Waals surface area contributed by atoms with E-state index in [0.717, 1.165) is 43.7 Å². The van der Waals surface area contributed by atoms with Gasteiger partial charge in [-0.05, 0) is 61.7 Å². The maximum absolute atomic E-state index is 12.9. The lowest BCUT2D eigenvalue weighted by Crippen LogP contribution is -2.47. The van der Waals surface area contributed by atoms with Crippen LogP contribution in [-0.2, 0) is 22.4 Å². The zero-order chi connectivity index (χ0) is 22.2. The summed E-state index contributed by atoms with van der Waals surface area (Å²) in [6, 6.07) is 8.33. The highest BCUT2D eigenvalue weighted by atomic mass is 35.5. The Kier molecular flexibility index (Phi) is 8.71. The van der Waals surface area contributed by atoms with E-state index >= 15 is 0 Å². The molecular formula is C22H28ClN3O4S. The van der Waals surface area contributed by atoms with Crippen LogP contribution in [0.3, 0.4) is 0 Å². The van der Waals surface area contributed by atoms with Crippen molar-refractivity contribution < 1.29 is 19.1 Å². The zero-order valence-corrected chi connectivity index (χ0v) is 19.4. The summed E-state index contributed by atoms with van der Waals surface area (Å²) in [7, 11) is 2.12. The van der Waals surface area contributed by atoms with E-state index in [1.807, 2.05) is 19.1 Å². The Bertz CT molecular complexity index is 905. The molecule has 9 heteroatoms. The van der Waals surface area contributed by atoms with Crippen molar-refractivity contribution in [3.8, 4) is 5.06 Å². The molecule has 1 aromatic heterocycles. The Labute approximate surface area is 191 Å². The van der Waals surface area contributed by atoms with Crippen molar-refractivity contribution in [3.63, 3.8) is 0 Å². The molecule has 168 valence electrons. The third-order valence-corrected chi connectivity index (χ3v) is 6.09. The molecule has 2 N–H and O–H groups in total. The van der Waals surface area contributed by atoms with E-state index in [9.17, 15) is 9.59 Å². The molecule has 0 radical (unpaired) electrons. The van der Waals surface area contributed by atoms with Gasteiger partial charge in [-0.25, -0.2) is 4.79 Å². The zero-order valence-electron chi connectivity index (χ0n) is 17.8. The fourth-order valence-electron chi connectivity index (χ4n) is 3.29. The minimum atomic E-state index is -0.889. The van der Waals surface area contributed by atoms with E-state index in [1.54, 1.807) is 12.1 Å². The van der Waals surface area contributed by atoms with Gasteiger partial charge in [-0.3, -0.25) is 4.79 Å². The highest BCUT2D eigenvalue weighted by Gasteiger charge is 2.23. The number of carbonyl (C=O) groups excluding carboxylic acids is 2. The number of likely N-dealkylation sites (N-methyl/N-ethyl adjacent to an activating group) is 1. The highest BCUT2D eigenvalue weighted by molar-refractivity contribution is 7.17. The van der Waals surface area contributed by atoms with Crippen LogP contribution >= 0.6 is 22.9 Å². The summed E-state index contributed by atoms with van der Waals surface area (Å²) in [5.74, 6) is -0.358. The molecule has 2 heterocycles. The van der Waals surface area contributed by atoms with Crippen molar-refractivity contribution in [3.05, 3.63) is 45.8 Å². The molecule has 7 nitrogen and oxygen atoms in total. The first kappa shape index (κ1) is 23.5. The highest BCUT2D eigenvalue weighted by Crippen LogP contribution is 2.28. The van der Waals surface area contributed by atoms with E-state index in [4.69, 9.17) is 21.1 Å². The third-order valence-electron chi connectivity index (χ3n) is 4.98. The number of amides is 2. The number of thiophene rings is 1. The van der Waals surface area contributed by atoms with Gasteiger partial charge in [-0.2, -0.15) is 0 Å². The monoisotopic (exact) mass is 465 g/mol. The number of nitrogens with zero attached hydrogens (tertiary/aromatic N) is 1. The second kappa shape index (κ2) is 11.5. The summed E-state index contributed by atoms with van der Waals surface area (Å²) in [6.45, 7) is 4.53. The lowest BCUT2D eigenvalue weighted by molar-refractivity contribution is -0.119. The number of rotatable bonds is 8. The van der Waals surface area contributed by atoms with Crippen LogP contribution in [0.15, 0.2) is 30.3 Å². The van der Waals surface area contributed by atoms with Crippen molar-refractivity contribution in [2.45, 2.75) is 32.2 Å². The Hall–Kier alpha value is -2.13. The van der Waals surface area contributed by atoms with E-state index in [1.165, 1.54) is 11.1 Å². The predicted octanol–water partition coefficient (Wildman–Crippen LogP) is 3.95. The number of halogens is 1. The van der Waals surface area contributed by atoms with Crippen molar-refractivity contribution in [1.29, 1.82) is 0 Å². The Morgan fingerprint density at radius 3 is 2.68 bits per heavy atom. The molecule has 1 aliphatic heterocycles. The molecule has 2 aromatic rings. The lowest BCUT2D eigenvalue weighted by Gasteiger charge is -2.18. The van der Waals surface area contributed by atoms with Crippen LogP contribution in [0.25, 0.3) is 0 Å². The molecule has 0 saturated heterocycles. The molecule has 1 unspecified atom stereocenters. The average Bonchev–Trinajstić information content (AvgIpc) is 3.05. The molecule has 2 amide bonds. The van der Waals surface area contributed by atoms with Gasteiger partial charge in [0.15, 0.2) is 5.06 Å². The number of nitrogens with one attached hydrogen (secondary N) is 2. The maximum Gasteiger partial charge on any atom is 0.414 e. The van der Waals surface area contributed by atoms with Crippen LogP contribution in [0.2, 0.25) is 4.34 Å². The number of benzene rings is 1. The van der Waals surface area contributed by atoms with Gasteiger partial charge < -0.3 is 25.0 Å². The van der Waals surface area contributed by atoms with E-state index in [-0.39, 0.29) is 12.5 Å². The SMILES string of the molecule is CCCOCC(NC(=O)Oc1ccc(Cl)s1)C(=O)Nc1ccc2c(c1)CCN(C)CC2. The summed E-state index contributed by atoms with van der Waals surface area (Å²) in [5.41, 5.74) is 3.25. The summed E-state index contributed by atoms with van der Waals surface area (Å²) in [5, 5.41) is 5.85. The van der Waals surface area contributed by atoms with Crippen LogP contribution < -0.4 is 15.4 Å². The fourth-order valence-corrected chi connectivity index (χ4v) is 4.16. The number of ether oxygens (including phenoxy) is 2. The van der Waals surface area contributed by atoms with Gasteiger partial charge in [-0.15, -0.1) is 0 Å². The fraction of sp³-hybridized carbons (Fsp3) is 0.455. The van der Waals surface area contributed by atoms with Gasteiger partial charge in [0.1, 0.15) is 6.04 Å². The maximum atomic E-state index is 12.9. The molecule has 3 rings (SSSR count). The first-order valence-electron chi connectivity index (χ1n) is 10.4. The molecule has 0 fully saturated rings. The second-order valence-corrected chi connectivity index (χ2v) is 9.17. The Morgan fingerprint density at radius 2 is 1.97 bits per heavy atom. The quantitative estimate of drug-likeness (QED) is 0.577. The van der Waals surface area contributed by atoms with E-state index in [0.29, 0.717) is 21.7 Å². The standard InChI is InChI=1S/C22H28ClN3O4S/c1-3-12-29-14-18(25-22(28)30-20-7-6-19(23)31-20)21(27)24-17-5-4-15-8-10-26(2)11-9-16(15)13-17/h4-7,13,18H,3,8-12,14H2,1-2H3,(H,24,27)(H,25,28). The smallest absolute Gasteiger partial charge is 0.399 e. The van der Waals surface area contributed by atoms with Gasteiger partial charge >= 0.3 is 6.09 Å². The topological polar surface area (TPSA) is 79.9 Å². The summed E-state index contributed by atoms with van der Waals surface area (Å²) in [6.07, 6.45) is 2.01. The van der Waals surface area contributed by atoms with Crippen LogP contribution in [0.4, 0.5) is 10.5 Å². The van der Waals surface area contributed by atoms with Gasteiger partial charge in [0, 0.05) is 25.4 Å². The molecule has 1 aromatic carbocycles. The minimum Gasteiger partial charge on any atom is -0.399 e. The van der Waals surface area contributed by atoms with Crippen LogP contribution in [-0.4, -0.2) is 56.3 Å². The Morgan fingerprint density at radius 1 is 1.19 bits per heavy atom. The summed E-state index contributed by atoms with van der Waals surface area (Å²) >= 11 is 7.00. The van der Waals surface area contributed by atoms with Crippen molar-refractivity contribution >= 4 is 40.6 Å².